The van der Waals surface area contributed by atoms with E-state index in [1.165, 1.54) is 62.5 Å². The first-order valence-corrected chi connectivity index (χ1v) is 14.3. The number of aryl methyl sites for hydroxylation is 6. The Kier molecular flexibility index (Phi) is 8.27. The van der Waals surface area contributed by atoms with Gasteiger partial charge in [0.2, 0.25) is 0 Å². The normalized spacial score (nSPS) is 15.2. The van der Waals surface area contributed by atoms with E-state index >= 15 is 0 Å². The standard InChI is InChI=1S/2C10H13.C2H6Si.Ti/c2*1-8-6-9-4-2-3-5-10(9)7-8;1-3-2;/h2*6-7H,2-5H2,1H3;1-2H3;/q2*-1;;+2. The molecule has 2 aliphatic rings. The summed E-state index contributed by atoms with van der Waals surface area (Å²) < 4.78 is 0. The van der Waals surface area contributed by atoms with Crippen LogP contribution in [-0.4, -0.2) is 6.19 Å². The van der Waals surface area contributed by atoms with Gasteiger partial charge in [0.15, 0.2) is 0 Å². The van der Waals surface area contributed by atoms with Crippen LogP contribution in [0.1, 0.15) is 59.1 Å². The van der Waals surface area contributed by atoms with E-state index in [9.17, 15) is 0 Å². The molecule has 0 aromatic heterocycles. The van der Waals surface area contributed by atoms with Crippen molar-refractivity contribution >= 4 is 6.19 Å². The Hall–Kier alpha value is -0.369. The second kappa shape index (κ2) is 9.94. The van der Waals surface area contributed by atoms with Gasteiger partial charge < -0.3 is 0 Å². The van der Waals surface area contributed by atoms with Gasteiger partial charge in [0, 0.05) is 0 Å². The minimum absolute atomic E-state index is 0.120. The van der Waals surface area contributed by atoms with Gasteiger partial charge in [0.1, 0.15) is 0 Å². The van der Waals surface area contributed by atoms with E-state index in [0.29, 0.717) is 0 Å². The first kappa shape index (κ1) is 19.9. The number of hydrogen-bond acceptors (Lipinski definition) is 0. The van der Waals surface area contributed by atoms with Gasteiger partial charge in [-0.1, -0.05) is 65.2 Å². The Morgan fingerprint density at radius 1 is 0.750 bits per heavy atom. The molecule has 0 atom stereocenters. The third kappa shape index (κ3) is 6.50. The average Bonchev–Trinajstić information content (AvgIpc) is 3.07. The Bertz CT molecular complexity index is 556. The molecular weight excluding hydrogens is 340 g/mol. The Morgan fingerprint density at radius 3 is 1.42 bits per heavy atom. The zero-order valence-electron chi connectivity index (χ0n) is 16.0. The molecule has 0 fully saturated rings. The van der Waals surface area contributed by atoms with Crippen molar-refractivity contribution in [3.8, 4) is 0 Å². The molecule has 24 heavy (non-hydrogen) atoms. The molecule has 2 aromatic rings. The number of rotatable bonds is 0. The topological polar surface area (TPSA) is 0 Å². The first-order valence-electron chi connectivity index (χ1n) is 9.47. The summed E-state index contributed by atoms with van der Waals surface area (Å²) >= 11 is 2.27. The van der Waals surface area contributed by atoms with Gasteiger partial charge in [-0.3, -0.25) is 0 Å². The van der Waals surface area contributed by atoms with E-state index in [1.54, 1.807) is 22.3 Å². The average molecular weight is 372 g/mol. The Balaban J connectivity index is 0.000000143. The fourth-order valence-electron chi connectivity index (χ4n) is 3.75. The molecule has 0 saturated heterocycles. The number of fused-ring (bicyclic) bond motifs is 2. The van der Waals surface area contributed by atoms with Crippen molar-refractivity contribution in [1.29, 1.82) is 0 Å². The summed E-state index contributed by atoms with van der Waals surface area (Å²) in [4.78, 5) is 0. The van der Waals surface area contributed by atoms with E-state index in [4.69, 9.17) is 0 Å². The van der Waals surface area contributed by atoms with Gasteiger partial charge >= 0.3 is 38.5 Å². The van der Waals surface area contributed by atoms with E-state index in [-0.39, 0.29) is 6.19 Å². The fraction of sp³-hybridized carbons (Fsp3) is 0.545. The van der Waals surface area contributed by atoms with Crippen molar-refractivity contribution in [3.63, 3.8) is 0 Å². The van der Waals surface area contributed by atoms with Gasteiger partial charge in [-0.2, -0.15) is 45.5 Å². The summed E-state index contributed by atoms with van der Waals surface area (Å²) in [5.74, 6) is 0. The predicted molar refractivity (Wildman–Crippen MR) is 104 cm³/mol. The fourth-order valence-corrected chi connectivity index (χ4v) is 3.75. The third-order valence-corrected chi connectivity index (χ3v) is 4.72. The van der Waals surface area contributed by atoms with Crippen molar-refractivity contribution in [2.24, 2.45) is 0 Å². The van der Waals surface area contributed by atoms with Crippen LogP contribution in [0.4, 0.5) is 0 Å². The molecule has 0 nitrogen and oxygen atoms in total. The molecule has 0 saturated carbocycles. The maximum absolute atomic E-state index is 2.34. The van der Waals surface area contributed by atoms with Gasteiger partial charge in [-0.25, -0.2) is 12.1 Å². The van der Waals surface area contributed by atoms with Crippen LogP contribution in [0.5, 0.6) is 0 Å². The maximum Gasteiger partial charge on any atom is -0.0512 e. The molecule has 0 N–H and O–H groups in total. The molecule has 2 aliphatic carbocycles. The van der Waals surface area contributed by atoms with Crippen molar-refractivity contribution in [2.45, 2.75) is 78.3 Å². The van der Waals surface area contributed by atoms with Crippen LogP contribution in [0.2, 0.25) is 13.1 Å². The minimum Gasteiger partial charge on any atom is -0.207 e. The van der Waals surface area contributed by atoms with E-state index < -0.39 is 0 Å². The van der Waals surface area contributed by atoms with Gasteiger partial charge in [-0.05, 0) is 0 Å². The van der Waals surface area contributed by atoms with Crippen molar-refractivity contribution in [2.75, 3.05) is 0 Å². The van der Waals surface area contributed by atoms with Crippen molar-refractivity contribution in [1.82, 2.24) is 0 Å². The van der Waals surface area contributed by atoms with Gasteiger partial charge in [-0.15, -0.1) is 0 Å². The van der Waals surface area contributed by atoms with Crippen LogP contribution in [0, 0.1) is 13.8 Å². The van der Waals surface area contributed by atoms with Gasteiger partial charge in [0.05, 0.1) is 0 Å². The Morgan fingerprint density at radius 2 is 1.08 bits per heavy atom. The second-order valence-corrected chi connectivity index (χ2v) is 14.3. The van der Waals surface area contributed by atoms with Crippen LogP contribution in [0.15, 0.2) is 24.3 Å². The van der Waals surface area contributed by atoms with Crippen molar-refractivity contribution in [3.05, 3.63) is 57.6 Å². The number of hydrogen-bond donors (Lipinski definition) is 0. The molecule has 0 unspecified atom stereocenters. The summed E-state index contributed by atoms with van der Waals surface area (Å²) in [7, 11) is 0. The van der Waals surface area contributed by atoms with Crippen LogP contribution >= 0.6 is 0 Å². The van der Waals surface area contributed by atoms with Gasteiger partial charge in [0.25, 0.3) is 0 Å². The summed E-state index contributed by atoms with van der Waals surface area (Å²) in [5, 5.41) is 0. The molecule has 0 aliphatic heterocycles. The second-order valence-electron chi connectivity index (χ2n) is 7.58. The molecule has 128 valence electrons. The molecule has 0 radical (unpaired) electrons. The smallest absolute Gasteiger partial charge is 0.0512 e. The molecule has 0 spiro atoms. The summed E-state index contributed by atoms with van der Waals surface area (Å²) in [6, 6.07) is 9.37. The summed E-state index contributed by atoms with van der Waals surface area (Å²) in [6.07, 6.45) is 11.0. The van der Waals surface area contributed by atoms with E-state index in [0.717, 1.165) is 0 Å². The predicted octanol–water partition coefficient (Wildman–Crippen LogP) is 5.97. The first-order chi connectivity index (χ1) is 11.5. The Labute approximate surface area is 161 Å². The summed E-state index contributed by atoms with van der Waals surface area (Å²) in [5.41, 5.74) is 9.36. The molecule has 2 heteroatoms. The quantitative estimate of drug-likeness (QED) is 0.395. The molecular formula is C22H32SiTi. The zero-order valence-corrected chi connectivity index (χ0v) is 18.5. The molecule has 0 bridgehead atoms. The molecule has 4 rings (SSSR count). The van der Waals surface area contributed by atoms with Crippen LogP contribution in [0.3, 0.4) is 0 Å². The SMILES string of the molecule is C[Si](C)=[Ti+2].Cc1cc2c([cH-]1)CCCC2.Cc1cc2c([cH-]1)CCCC2. The molecule has 0 heterocycles. The zero-order chi connectivity index (χ0) is 17.5. The molecule has 2 aromatic carbocycles. The van der Waals surface area contributed by atoms with E-state index in [1.807, 2.05) is 0 Å². The van der Waals surface area contributed by atoms with Crippen LogP contribution < -0.4 is 0 Å². The molecule has 0 amide bonds. The van der Waals surface area contributed by atoms with E-state index in [2.05, 4.69) is 70.4 Å². The minimum atomic E-state index is 0.120. The summed E-state index contributed by atoms with van der Waals surface area (Å²) in [6.45, 7) is 8.92. The van der Waals surface area contributed by atoms with Crippen molar-refractivity contribution < 1.29 is 19.2 Å². The monoisotopic (exact) mass is 372 g/mol. The third-order valence-electron chi connectivity index (χ3n) is 4.72. The largest absolute Gasteiger partial charge is 0.207 e. The van der Waals surface area contributed by atoms with Crippen LogP contribution in [0.25, 0.3) is 0 Å². The maximum atomic E-state index is 2.34. The van der Waals surface area contributed by atoms with Crippen LogP contribution in [-0.2, 0) is 44.9 Å².